The van der Waals surface area contributed by atoms with E-state index in [1.807, 2.05) is 20.8 Å². The summed E-state index contributed by atoms with van der Waals surface area (Å²) in [6.45, 7) is 5.85. The van der Waals surface area contributed by atoms with Crippen LogP contribution in [0.5, 0.6) is 0 Å². The fourth-order valence-electron chi connectivity index (χ4n) is 2.31. The van der Waals surface area contributed by atoms with E-state index in [4.69, 9.17) is 0 Å². The average molecular weight is 294 g/mol. The van der Waals surface area contributed by atoms with E-state index >= 15 is 0 Å². The number of aliphatic carboxylic acids is 1. The lowest BCUT2D eigenvalue weighted by molar-refractivity contribution is -0.141. The zero-order valence-electron chi connectivity index (χ0n) is 11.7. The van der Waals surface area contributed by atoms with Gasteiger partial charge in [0.15, 0.2) is 0 Å². The monoisotopic (exact) mass is 294 g/mol. The Hall–Kier alpha value is -1.56. The number of carboxylic acids is 1. The van der Waals surface area contributed by atoms with Gasteiger partial charge in [-0.1, -0.05) is 13.8 Å². The van der Waals surface area contributed by atoms with Crippen LogP contribution in [0, 0.1) is 12.8 Å². The summed E-state index contributed by atoms with van der Waals surface area (Å²) in [5.41, 5.74) is 1.33. The molecule has 2 atom stereocenters. The summed E-state index contributed by atoms with van der Waals surface area (Å²) in [6, 6.07) is 0.981. The van der Waals surface area contributed by atoms with Crippen molar-refractivity contribution in [2.75, 3.05) is 5.75 Å². The van der Waals surface area contributed by atoms with Crippen molar-refractivity contribution in [3.63, 3.8) is 0 Å². The van der Waals surface area contributed by atoms with Gasteiger partial charge in [0.1, 0.15) is 6.04 Å². The highest BCUT2D eigenvalue weighted by molar-refractivity contribution is 8.00. The van der Waals surface area contributed by atoms with Crippen LogP contribution in [0.2, 0.25) is 0 Å². The third-order valence-corrected chi connectivity index (χ3v) is 4.87. The fraction of sp³-hybridized carbons (Fsp3) is 0.500. The quantitative estimate of drug-likeness (QED) is 0.923. The number of rotatable bonds is 3. The van der Waals surface area contributed by atoms with Crippen molar-refractivity contribution in [2.24, 2.45) is 5.92 Å². The molecule has 6 heteroatoms. The van der Waals surface area contributed by atoms with Crippen LogP contribution < -0.4 is 0 Å². The third kappa shape index (κ3) is 2.80. The van der Waals surface area contributed by atoms with Gasteiger partial charge in [0.2, 0.25) is 0 Å². The lowest BCUT2D eigenvalue weighted by Crippen LogP contribution is -2.47. The van der Waals surface area contributed by atoms with Crippen molar-refractivity contribution < 1.29 is 14.7 Å². The molecule has 1 aromatic rings. The SMILES string of the molecule is Cc1cncc(C(=O)N2C(C(=O)O)CSC2C(C)C)c1. The molecule has 0 aliphatic carbocycles. The Balaban J connectivity index is 2.34. The minimum atomic E-state index is -0.949. The van der Waals surface area contributed by atoms with Crippen molar-refractivity contribution in [1.29, 1.82) is 0 Å². The number of carboxylic acid groups (broad SMARTS) is 1. The first-order valence-corrected chi connectivity index (χ1v) is 7.55. The largest absolute Gasteiger partial charge is 0.480 e. The van der Waals surface area contributed by atoms with E-state index in [-0.39, 0.29) is 17.2 Å². The molecule has 5 nitrogen and oxygen atoms in total. The third-order valence-electron chi connectivity index (χ3n) is 3.25. The second-order valence-corrected chi connectivity index (χ2v) is 6.43. The standard InChI is InChI=1S/C14H18N2O3S/c1-8(2)13-16(11(7-20-13)14(18)19)12(17)10-4-9(3)5-15-6-10/h4-6,8,11,13H,7H2,1-3H3,(H,18,19). The van der Waals surface area contributed by atoms with Crippen LogP contribution in [-0.2, 0) is 4.79 Å². The van der Waals surface area contributed by atoms with Crippen molar-refractivity contribution in [2.45, 2.75) is 32.2 Å². The number of carbonyl (C=O) groups excluding carboxylic acids is 1. The summed E-state index contributed by atoms with van der Waals surface area (Å²) in [5, 5.41) is 9.20. The first-order chi connectivity index (χ1) is 9.41. The van der Waals surface area contributed by atoms with Gasteiger partial charge in [-0.3, -0.25) is 9.78 Å². The van der Waals surface area contributed by atoms with E-state index in [0.717, 1.165) is 5.56 Å². The zero-order valence-corrected chi connectivity index (χ0v) is 12.6. The Morgan fingerprint density at radius 3 is 2.70 bits per heavy atom. The minimum Gasteiger partial charge on any atom is -0.480 e. The van der Waals surface area contributed by atoms with Crippen LogP contribution >= 0.6 is 11.8 Å². The van der Waals surface area contributed by atoms with Crippen LogP contribution in [0.3, 0.4) is 0 Å². The van der Waals surface area contributed by atoms with Crippen molar-refractivity contribution >= 4 is 23.6 Å². The maximum absolute atomic E-state index is 12.6. The Morgan fingerprint density at radius 1 is 1.45 bits per heavy atom. The summed E-state index contributed by atoms with van der Waals surface area (Å²) >= 11 is 1.53. The second-order valence-electron chi connectivity index (χ2n) is 5.29. The zero-order chi connectivity index (χ0) is 14.9. The number of aryl methyl sites for hydroxylation is 1. The first kappa shape index (κ1) is 14.8. The summed E-state index contributed by atoms with van der Waals surface area (Å²) in [6.07, 6.45) is 3.17. The van der Waals surface area contributed by atoms with Crippen LogP contribution in [0.15, 0.2) is 18.5 Å². The van der Waals surface area contributed by atoms with Gasteiger partial charge in [-0.05, 0) is 24.5 Å². The van der Waals surface area contributed by atoms with Gasteiger partial charge in [-0.2, -0.15) is 0 Å². The number of amides is 1. The number of hydrogen-bond donors (Lipinski definition) is 1. The number of nitrogens with zero attached hydrogens (tertiary/aromatic N) is 2. The molecule has 1 aromatic heterocycles. The highest BCUT2D eigenvalue weighted by Crippen LogP contribution is 2.35. The van der Waals surface area contributed by atoms with E-state index in [0.29, 0.717) is 11.3 Å². The van der Waals surface area contributed by atoms with Gasteiger partial charge in [0.05, 0.1) is 10.9 Å². The maximum atomic E-state index is 12.6. The van der Waals surface area contributed by atoms with Gasteiger partial charge in [-0.25, -0.2) is 4.79 Å². The molecule has 1 aliphatic rings. The van der Waals surface area contributed by atoms with Gasteiger partial charge in [-0.15, -0.1) is 11.8 Å². The van der Waals surface area contributed by atoms with E-state index in [9.17, 15) is 14.7 Å². The molecule has 0 spiro atoms. The summed E-state index contributed by atoms with van der Waals surface area (Å²) < 4.78 is 0. The Kier molecular flexibility index (Phi) is 4.32. The molecule has 108 valence electrons. The Bertz CT molecular complexity index is 533. The molecule has 2 heterocycles. The molecule has 0 saturated carbocycles. The lowest BCUT2D eigenvalue weighted by Gasteiger charge is -2.29. The van der Waals surface area contributed by atoms with Crippen molar-refractivity contribution in [3.05, 3.63) is 29.6 Å². The molecular formula is C14H18N2O3S. The number of carbonyl (C=O) groups is 2. The molecular weight excluding hydrogens is 276 g/mol. The van der Waals surface area contributed by atoms with Gasteiger partial charge in [0.25, 0.3) is 5.91 Å². The maximum Gasteiger partial charge on any atom is 0.327 e. The summed E-state index contributed by atoms with van der Waals surface area (Å²) in [4.78, 5) is 29.5. The molecule has 1 N–H and O–H groups in total. The topological polar surface area (TPSA) is 70.5 Å². The average Bonchev–Trinajstić information content (AvgIpc) is 2.82. The molecule has 0 aromatic carbocycles. The summed E-state index contributed by atoms with van der Waals surface area (Å²) in [5.74, 6) is -0.568. The Labute approximate surface area is 122 Å². The van der Waals surface area contributed by atoms with Gasteiger partial charge >= 0.3 is 5.97 Å². The molecule has 2 unspecified atom stereocenters. The second kappa shape index (κ2) is 5.83. The van der Waals surface area contributed by atoms with Gasteiger partial charge < -0.3 is 10.0 Å². The highest BCUT2D eigenvalue weighted by atomic mass is 32.2. The lowest BCUT2D eigenvalue weighted by atomic mass is 10.1. The van der Waals surface area contributed by atoms with Crippen LogP contribution in [0.1, 0.15) is 29.8 Å². The number of aromatic nitrogens is 1. The van der Waals surface area contributed by atoms with E-state index in [1.165, 1.54) is 22.9 Å². The minimum absolute atomic E-state index is 0.107. The van der Waals surface area contributed by atoms with Gasteiger partial charge in [0, 0.05) is 18.1 Å². The van der Waals surface area contributed by atoms with Crippen LogP contribution in [0.25, 0.3) is 0 Å². The molecule has 1 saturated heterocycles. The fourth-order valence-corrected chi connectivity index (χ4v) is 3.78. The smallest absolute Gasteiger partial charge is 0.327 e. The van der Waals surface area contributed by atoms with Crippen molar-refractivity contribution in [3.8, 4) is 0 Å². The van der Waals surface area contributed by atoms with Crippen molar-refractivity contribution in [1.82, 2.24) is 9.88 Å². The van der Waals surface area contributed by atoms with Crippen LogP contribution in [-0.4, -0.2) is 44.0 Å². The molecule has 1 fully saturated rings. The molecule has 1 amide bonds. The molecule has 0 radical (unpaired) electrons. The van der Waals surface area contributed by atoms with E-state index in [1.54, 1.807) is 12.3 Å². The predicted molar refractivity (Wildman–Crippen MR) is 77.7 cm³/mol. The number of hydrogen-bond acceptors (Lipinski definition) is 4. The molecule has 20 heavy (non-hydrogen) atoms. The number of thioether (sulfide) groups is 1. The molecule has 0 bridgehead atoms. The van der Waals surface area contributed by atoms with Crippen LogP contribution in [0.4, 0.5) is 0 Å². The molecule has 2 rings (SSSR count). The summed E-state index contributed by atoms with van der Waals surface area (Å²) in [7, 11) is 0. The first-order valence-electron chi connectivity index (χ1n) is 6.50. The predicted octanol–water partition coefficient (Wildman–Crippen LogP) is 2.01. The highest BCUT2D eigenvalue weighted by Gasteiger charge is 2.43. The number of pyridine rings is 1. The normalized spacial score (nSPS) is 22.3. The Morgan fingerprint density at radius 2 is 2.15 bits per heavy atom. The van der Waals surface area contributed by atoms with E-state index in [2.05, 4.69) is 4.98 Å². The molecule has 1 aliphatic heterocycles. The van der Waals surface area contributed by atoms with E-state index < -0.39 is 12.0 Å².